The fraction of sp³-hybridized carbons (Fsp3) is 0.450. The maximum absolute atomic E-state index is 14.8. The molecule has 0 unspecified atom stereocenters. The Kier molecular flexibility index (Phi) is 6.56. The number of aromatic amines is 1. The average molecular weight is 467 g/mol. The Morgan fingerprint density at radius 1 is 1.48 bits per heavy atom. The van der Waals surface area contributed by atoms with Crippen LogP contribution in [0.4, 0.5) is 9.18 Å². The second-order valence-electron chi connectivity index (χ2n) is 7.11. The second-order valence-corrected chi connectivity index (χ2v) is 8.03. The molecule has 1 aromatic carbocycles. The number of H-pyrrole nitrogens is 1. The molecule has 156 valence electrons. The number of esters is 1. The third-order valence-electron chi connectivity index (χ3n) is 5.39. The van der Waals surface area contributed by atoms with Crippen molar-refractivity contribution in [3.8, 4) is 0 Å². The standard InChI is InChI=1S/C20H24BrFN4O3/c1-4-11(2)16(19(27)29-3)25-20(28)26-8-7-15-17(24-10-23-15)18(26)13-6-5-12(21)9-14(13)22/h5-6,9-11,16,18H,4,7-8H2,1-3H3,(H,23,24)(H,25,28)/t11-,16-,18+/m1/s1. The van der Waals surface area contributed by atoms with Gasteiger partial charge in [-0.05, 0) is 18.1 Å². The molecule has 0 aliphatic carbocycles. The summed E-state index contributed by atoms with van der Waals surface area (Å²) in [6, 6.07) is 2.79. The first-order valence-electron chi connectivity index (χ1n) is 9.49. The van der Waals surface area contributed by atoms with Gasteiger partial charge in [0.15, 0.2) is 0 Å². The first-order valence-corrected chi connectivity index (χ1v) is 10.3. The lowest BCUT2D eigenvalue weighted by Gasteiger charge is -2.36. The molecule has 0 saturated heterocycles. The number of ether oxygens (including phenoxy) is 1. The van der Waals surface area contributed by atoms with E-state index in [9.17, 15) is 14.0 Å². The zero-order chi connectivity index (χ0) is 21.1. The number of nitrogens with one attached hydrogen (secondary N) is 2. The summed E-state index contributed by atoms with van der Waals surface area (Å²) >= 11 is 3.26. The molecule has 0 bridgehead atoms. The number of rotatable bonds is 5. The van der Waals surface area contributed by atoms with Crippen molar-refractivity contribution in [2.24, 2.45) is 5.92 Å². The highest BCUT2D eigenvalue weighted by Gasteiger charge is 2.37. The number of amides is 2. The summed E-state index contributed by atoms with van der Waals surface area (Å²) in [6.45, 7) is 4.16. The van der Waals surface area contributed by atoms with Crippen LogP contribution in [0.2, 0.25) is 0 Å². The van der Waals surface area contributed by atoms with Gasteiger partial charge in [0.2, 0.25) is 0 Å². The number of imidazole rings is 1. The van der Waals surface area contributed by atoms with E-state index in [1.165, 1.54) is 18.1 Å². The lowest BCUT2D eigenvalue weighted by atomic mass is 9.95. The van der Waals surface area contributed by atoms with Crippen LogP contribution in [0.25, 0.3) is 0 Å². The third kappa shape index (κ3) is 4.29. The van der Waals surface area contributed by atoms with Gasteiger partial charge in [-0.25, -0.2) is 19.0 Å². The normalized spacial score (nSPS) is 18.0. The lowest BCUT2D eigenvalue weighted by molar-refractivity contribution is -0.144. The van der Waals surface area contributed by atoms with Crippen LogP contribution < -0.4 is 5.32 Å². The predicted molar refractivity (Wildman–Crippen MR) is 109 cm³/mol. The number of hydrogen-bond acceptors (Lipinski definition) is 4. The first kappa shape index (κ1) is 21.3. The third-order valence-corrected chi connectivity index (χ3v) is 5.88. The van der Waals surface area contributed by atoms with Crippen molar-refractivity contribution in [3.05, 3.63) is 51.8 Å². The topological polar surface area (TPSA) is 87.3 Å². The highest BCUT2D eigenvalue weighted by molar-refractivity contribution is 9.10. The number of urea groups is 1. The van der Waals surface area contributed by atoms with Crippen molar-refractivity contribution in [1.82, 2.24) is 20.2 Å². The fourth-order valence-electron chi connectivity index (χ4n) is 3.55. The molecule has 29 heavy (non-hydrogen) atoms. The lowest BCUT2D eigenvalue weighted by Crippen LogP contribution is -2.53. The Hall–Kier alpha value is -2.42. The van der Waals surface area contributed by atoms with E-state index >= 15 is 0 Å². The molecule has 0 radical (unpaired) electrons. The van der Waals surface area contributed by atoms with Crippen molar-refractivity contribution < 1.29 is 18.7 Å². The molecule has 0 saturated carbocycles. The highest BCUT2D eigenvalue weighted by atomic mass is 79.9. The largest absolute Gasteiger partial charge is 0.467 e. The Morgan fingerprint density at radius 3 is 2.90 bits per heavy atom. The number of methoxy groups -OCH3 is 1. The van der Waals surface area contributed by atoms with Gasteiger partial charge in [-0.15, -0.1) is 0 Å². The van der Waals surface area contributed by atoms with Crippen molar-refractivity contribution in [2.45, 2.75) is 38.8 Å². The van der Waals surface area contributed by atoms with Crippen molar-refractivity contribution >= 4 is 27.9 Å². The molecule has 2 aromatic rings. The Labute approximate surface area is 177 Å². The number of aromatic nitrogens is 2. The summed E-state index contributed by atoms with van der Waals surface area (Å²) in [5.41, 5.74) is 1.81. The zero-order valence-corrected chi connectivity index (χ0v) is 18.1. The maximum atomic E-state index is 14.8. The SMILES string of the molecule is CC[C@@H](C)[C@@H](NC(=O)N1CCc2[nH]cnc2[C@@H]1c1ccc(Br)cc1F)C(=O)OC. The van der Waals surface area contributed by atoms with Gasteiger partial charge >= 0.3 is 12.0 Å². The second kappa shape index (κ2) is 8.94. The van der Waals surface area contributed by atoms with E-state index in [0.29, 0.717) is 35.1 Å². The summed E-state index contributed by atoms with van der Waals surface area (Å²) in [6.07, 6.45) is 2.80. The van der Waals surface area contributed by atoms with Crippen LogP contribution in [0.5, 0.6) is 0 Å². The minimum Gasteiger partial charge on any atom is -0.467 e. The van der Waals surface area contributed by atoms with Crippen LogP contribution in [0, 0.1) is 11.7 Å². The Bertz CT molecular complexity index is 904. The molecular weight excluding hydrogens is 443 g/mol. The molecule has 3 rings (SSSR count). The van der Waals surface area contributed by atoms with Crippen LogP contribution >= 0.6 is 15.9 Å². The van der Waals surface area contributed by atoms with Crippen molar-refractivity contribution in [2.75, 3.05) is 13.7 Å². The van der Waals surface area contributed by atoms with Crippen molar-refractivity contribution in [1.29, 1.82) is 0 Å². The number of fused-ring (bicyclic) bond motifs is 1. The van der Waals surface area contributed by atoms with E-state index < -0.39 is 29.9 Å². The van der Waals surface area contributed by atoms with Crippen LogP contribution in [-0.4, -0.2) is 46.6 Å². The monoisotopic (exact) mass is 466 g/mol. The number of halogens is 2. The molecular formula is C20H24BrFN4O3. The van der Waals surface area contributed by atoms with E-state index in [0.717, 1.165) is 5.69 Å². The quantitative estimate of drug-likeness (QED) is 0.659. The number of nitrogens with zero attached hydrogens (tertiary/aromatic N) is 2. The summed E-state index contributed by atoms with van der Waals surface area (Å²) in [5, 5.41) is 2.78. The van der Waals surface area contributed by atoms with E-state index in [4.69, 9.17) is 4.74 Å². The summed E-state index contributed by atoms with van der Waals surface area (Å²) < 4.78 is 20.3. The molecule has 2 amide bonds. The summed E-state index contributed by atoms with van der Waals surface area (Å²) in [5.74, 6) is -1.05. The van der Waals surface area contributed by atoms with Gasteiger partial charge in [-0.2, -0.15) is 0 Å². The Balaban J connectivity index is 1.96. The van der Waals surface area contributed by atoms with E-state index in [1.807, 2.05) is 13.8 Å². The smallest absolute Gasteiger partial charge is 0.328 e. The van der Waals surface area contributed by atoms with Crippen LogP contribution in [0.1, 0.15) is 43.3 Å². The molecule has 1 aliphatic heterocycles. The molecule has 2 heterocycles. The van der Waals surface area contributed by atoms with Crippen LogP contribution in [0.3, 0.4) is 0 Å². The molecule has 2 N–H and O–H groups in total. The molecule has 1 aliphatic rings. The maximum Gasteiger partial charge on any atom is 0.328 e. The van der Waals surface area contributed by atoms with E-state index in [1.54, 1.807) is 18.5 Å². The molecule has 0 spiro atoms. The number of carbonyl (C=O) groups is 2. The Morgan fingerprint density at radius 2 is 2.24 bits per heavy atom. The molecule has 7 nitrogen and oxygen atoms in total. The van der Waals surface area contributed by atoms with Crippen molar-refractivity contribution in [3.63, 3.8) is 0 Å². The summed E-state index contributed by atoms with van der Waals surface area (Å²) in [7, 11) is 1.29. The average Bonchev–Trinajstić information content (AvgIpc) is 3.19. The number of hydrogen-bond donors (Lipinski definition) is 2. The van der Waals surface area contributed by atoms with E-state index in [2.05, 4.69) is 31.2 Å². The van der Waals surface area contributed by atoms with Crippen LogP contribution in [-0.2, 0) is 16.0 Å². The van der Waals surface area contributed by atoms with Gasteiger partial charge in [0.25, 0.3) is 0 Å². The molecule has 3 atom stereocenters. The van der Waals surface area contributed by atoms with Gasteiger partial charge in [0.05, 0.1) is 19.1 Å². The van der Waals surface area contributed by atoms with Crippen LogP contribution in [0.15, 0.2) is 29.0 Å². The highest BCUT2D eigenvalue weighted by Crippen LogP contribution is 2.35. The summed E-state index contributed by atoms with van der Waals surface area (Å²) in [4.78, 5) is 34.3. The van der Waals surface area contributed by atoms with E-state index in [-0.39, 0.29) is 5.92 Å². The van der Waals surface area contributed by atoms with Gasteiger partial charge in [-0.1, -0.05) is 42.3 Å². The zero-order valence-electron chi connectivity index (χ0n) is 16.5. The minimum absolute atomic E-state index is 0.111. The van der Waals surface area contributed by atoms with Gasteiger partial charge in [0, 0.05) is 28.7 Å². The molecule has 0 fully saturated rings. The number of benzene rings is 1. The molecule has 1 aromatic heterocycles. The van der Waals surface area contributed by atoms with Gasteiger partial charge in [0.1, 0.15) is 17.9 Å². The predicted octanol–water partition coefficient (Wildman–Crippen LogP) is 3.56. The van der Waals surface area contributed by atoms with Gasteiger partial charge < -0.3 is 19.9 Å². The van der Waals surface area contributed by atoms with Gasteiger partial charge in [-0.3, -0.25) is 0 Å². The fourth-order valence-corrected chi connectivity index (χ4v) is 3.88. The first-order chi connectivity index (χ1) is 13.9. The minimum atomic E-state index is -0.784. The number of carbonyl (C=O) groups excluding carboxylic acids is 2. The molecule has 9 heteroatoms.